The predicted octanol–water partition coefficient (Wildman–Crippen LogP) is 2.17. The van der Waals surface area contributed by atoms with Crippen LogP contribution in [0.4, 0.5) is 5.69 Å². The Balaban J connectivity index is 2.15. The highest BCUT2D eigenvalue weighted by Gasteiger charge is 2.09. The largest absolute Gasteiger partial charge is 0.495 e. The van der Waals surface area contributed by atoms with Crippen LogP contribution >= 0.6 is 11.3 Å². The number of hydrogen-bond donors (Lipinski definition) is 3. The van der Waals surface area contributed by atoms with Crippen molar-refractivity contribution in [3.63, 3.8) is 0 Å². The molecule has 0 saturated heterocycles. The van der Waals surface area contributed by atoms with Gasteiger partial charge in [-0.1, -0.05) is 0 Å². The summed E-state index contributed by atoms with van der Waals surface area (Å²) in [4.78, 5) is 22.9. The molecule has 1 amide bonds. The topological polar surface area (TPSA) is 102 Å². The van der Waals surface area contributed by atoms with Gasteiger partial charge >= 0.3 is 5.97 Å². The number of ether oxygens (including phenoxy) is 1. The standard InChI is InChI=1S/C14H14N2O4S/c1-20-12-3-2-8(13(15)17)5-11(12)16-6-10-4-9(7-21-10)14(18)19/h2-5,7,16H,6H2,1H3,(H2,15,17)(H,18,19). The number of carbonyl (C=O) groups excluding carboxylic acids is 1. The molecule has 0 aliphatic rings. The van der Waals surface area contributed by atoms with E-state index in [2.05, 4.69) is 5.32 Å². The van der Waals surface area contributed by atoms with Gasteiger partial charge in [0, 0.05) is 22.4 Å². The van der Waals surface area contributed by atoms with Gasteiger partial charge in [0.15, 0.2) is 0 Å². The van der Waals surface area contributed by atoms with E-state index in [1.807, 2.05) is 0 Å². The highest BCUT2D eigenvalue weighted by Crippen LogP contribution is 2.26. The highest BCUT2D eigenvalue weighted by molar-refractivity contribution is 7.10. The molecule has 0 bridgehead atoms. The first-order valence-electron chi connectivity index (χ1n) is 6.03. The van der Waals surface area contributed by atoms with Crippen molar-refractivity contribution in [1.29, 1.82) is 0 Å². The molecule has 1 aromatic heterocycles. The number of aromatic carboxylic acids is 1. The molecule has 0 aliphatic carbocycles. The van der Waals surface area contributed by atoms with Crippen molar-refractivity contribution in [1.82, 2.24) is 0 Å². The lowest BCUT2D eigenvalue weighted by atomic mass is 10.1. The number of carbonyl (C=O) groups is 2. The Morgan fingerprint density at radius 2 is 2.10 bits per heavy atom. The maximum atomic E-state index is 11.2. The third-order valence-electron chi connectivity index (χ3n) is 2.84. The van der Waals surface area contributed by atoms with Crippen molar-refractivity contribution in [3.8, 4) is 5.75 Å². The summed E-state index contributed by atoms with van der Waals surface area (Å²) < 4.78 is 5.21. The quantitative estimate of drug-likeness (QED) is 0.759. The first kappa shape index (κ1) is 14.9. The number of primary amides is 1. The van der Waals surface area contributed by atoms with Gasteiger partial charge in [0.05, 0.1) is 18.4 Å². The molecule has 0 atom stereocenters. The molecule has 0 fully saturated rings. The van der Waals surface area contributed by atoms with Gasteiger partial charge in [-0.15, -0.1) is 11.3 Å². The molecule has 0 saturated carbocycles. The summed E-state index contributed by atoms with van der Waals surface area (Å²) in [6, 6.07) is 6.44. The van der Waals surface area contributed by atoms with Gasteiger partial charge < -0.3 is 20.9 Å². The molecule has 110 valence electrons. The van der Waals surface area contributed by atoms with E-state index in [0.29, 0.717) is 23.5 Å². The van der Waals surface area contributed by atoms with E-state index < -0.39 is 11.9 Å². The van der Waals surface area contributed by atoms with E-state index >= 15 is 0 Å². The second kappa shape index (κ2) is 6.27. The number of anilines is 1. The van der Waals surface area contributed by atoms with Crippen molar-refractivity contribution in [2.75, 3.05) is 12.4 Å². The van der Waals surface area contributed by atoms with E-state index in [1.54, 1.807) is 29.6 Å². The summed E-state index contributed by atoms with van der Waals surface area (Å²) in [5.41, 5.74) is 6.50. The minimum Gasteiger partial charge on any atom is -0.495 e. The Morgan fingerprint density at radius 1 is 1.33 bits per heavy atom. The van der Waals surface area contributed by atoms with Crippen LogP contribution in [0.1, 0.15) is 25.6 Å². The molecule has 0 aliphatic heterocycles. The first-order valence-corrected chi connectivity index (χ1v) is 6.91. The van der Waals surface area contributed by atoms with Crippen LogP contribution in [-0.2, 0) is 6.54 Å². The van der Waals surface area contributed by atoms with Crippen molar-refractivity contribution < 1.29 is 19.4 Å². The molecule has 0 unspecified atom stereocenters. The molecule has 7 heteroatoms. The average molecular weight is 306 g/mol. The molecule has 0 radical (unpaired) electrons. The predicted molar refractivity (Wildman–Crippen MR) is 80.1 cm³/mol. The lowest BCUT2D eigenvalue weighted by molar-refractivity contribution is 0.0697. The SMILES string of the molecule is COc1ccc(C(N)=O)cc1NCc1cc(C(=O)O)cs1. The molecular formula is C14H14N2O4S. The van der Waals surface area contributed by atoms with E-state index in [1.165, 1.54) is 18.4 Å². The van der Waals surface area contributed by atoms with Crippen LogP contribution in [0.15, 0.2) is 29.6 Å². The monoisotopic (exact) mass is 306 g/mol. The van der Waals surface area contributed by atoms with Crippen molar-refractivity contribution in [2.45, 2.75) is 6.54 Å². The van der Waals surface area contributed by atoms with Crippen molar-refractivity contribution >= 4 is 28.9 Å². The van der Waals surface area contributed by atoms with Crippen LogP contribution < -0.4 is 15.8 Å². The maximum absolute atomic E-state index is 11.2. The van der Waals surface area contributed by atoms with Gasteiger partial charge in [0.1, 0.15) is 5.75 Å². The fraction of sp³-hybridized carbons (Fsp3) is 0.143. The number of nitrogens with two attached hydrogens (primary N) is 1. The van der Waals surface area contributed by atoms with Crippen LogP contribution in [0, 0.1) is 0 Å². The number of nitrogens with one attached hydrogen (secondary N) is 1. The summed E-state index contributed by atoms with van der Waals surface area (Å²) in [5.74, 6) is -0.897. The van der Waals surface area contributed by atoms with Crippen molar-refractivity contribution in [3.05, 3.63) is 45.6 Å². The molecule has 1 aromatic carbocycles. The zero-order valence-electron chi connectivity index (χ0n) is 11.3. The molecule has 4 N–H and O–H groups in total. The second-order valence-corrected chi connectivity index (χ2v) is 5.24. The summed E-state index contributed by atoms with van der Waals surface area (Å²) in [5, 5.41) is 13.6. The Hall–Kier alpha value is -2.54. The minimum absolute atomic E-state index is 0.259. The molecular weight excluding hydrogens is 292 g/mol. The third kappa shape index (κ3) is 3.51. The fourth-order valence-electron chi connectivity index (χ4n) is 1.77. The third-order valence-corrected chi connectivity index (χ3v) is 3.77. The Bertz CT molecular complexity index is 681. The molecule has 2 aromatic rings. The van der Waals surface area contributed by atoms with Crippen LogP contribution in [0.3, 0.4) is 0 Å². The Labute approximate surface area is 125 Å². The zero-order chi connectivity index (χ0) is 15.4. The van der Waals surface area contributed by atoms with Crippen LogP contribution in [0.5, 0.6) is 5.75 Å². The number of amides is 1. The summed E-state index contributed by atoms with van der Waals surface area (Å²) in [7, 11) is 1.53. The van der Waals surface area contributed by atoms with E-state index in [4.69, 9.17) is 15.6 Å². The summed E-state index contributed by atoms with van der Waals surface area (Å²) >= 11 is 1.35. The van der Waals surface area contributed by atoms with Gasteiger partial charge in [-0.05, 0) is 24.3 Å². The number of benzene rings is 1. The molecule has 21 heavy (non-hydrogen) atoms. The number of carboxylic acids is 1. The molecule has 2 rings (SSSR count). The normalized spacial score (nSPS) is 10.1. The Kier molecular flexibility index (Phi) is 4.44. The average Bonchev–Trinajstić information content (AvgIpc) is 2.93. The number of hydrogen-bond acceptors (Lipinski definition) is 5. The zero-order valence-corrected chi connectivity index (χ0v) is 12.1. The first-order chi connectivity index (χ1) is 10.0. The summed E-state index contributed by atoms with van der Waals surface area (Å²) in [6.45, 7) is 0.427. The number of thiophene rings is 1. The van der Waals surface area contributed by atoms with Gasteiger partial charge in [-0.3, -0.25) is 4.79 Å². The second-order valence-electron chi connectivity index (χ2n) is 4.24. The van der Waals surface area contributed by atoms with E-state index in [9.17, 15) is 9.59 Å². The number of methoxy groups -OCH3 is 1. The maximum Gasteiger partial charge on any atom is 0.336 e. The molecule has 0 spiro atoms. The van der Waals surface area contributed by atoms with E-state index in [-0.39, 0.29) is 5.56 Å². The van der Waals surface area contributed by atoms with Gasteiger partial charge in [-0.25, -0.2) is 4.79 Å². The summed E-state index contributed by atoms with van der Waals surface area (Å²) in [6.07, 6.45) is 0. The van der Waals surface area contributed by atoms with Crippen molar-refractivity contribution in [2.24, 2.45) is 5.73 Å². The van der Waals surface area contributed by atoms with E-state index in [0.717, 1.165) is 4.88 Å². The van der Waals surface area contributed by atoms with Crippen LogP contribution in [0.25, 0.3) is 0 Å². The van der Waals surface area contributed by atoms with Gasteiger partial charge in [0.2, 0.25) is 5.91 Å². The molecule has 1 heterocycles. The smallest absolute Gasteiger partial charge is 0.336 e. The van der Waals surface area contributed by atoms with Gasteiger partial charge in [-0.2, -0.15) is 0 Å². The molecule has 6 nitrogen and oxygen atoms in total. The lowest BCUT2D eigenvalue weighted by Crippen LogP contribution is -2.11. The van der Waals surface area contributed by atoms with Crippen LogP contribution in [-0.4, -0.2) is 24.1 Å². The number of carboxylic acid groups (broad SMARTS) is 1. The Morgan fingerprint density at radius 3 is 2.67 bits per heavy atom. The fourth-order valence-corrected chi connectivity index (χ4v) is 2.56. The van der Waals surface area contributed by atoms with Gasteiger partial charge in [0.25, 0.3) is 0 Å². The van der Waals surface area contributed by atoms with Crippen LogP contribution in [0.2, 0.25) is 0 Å². The number of rotatable bonds is 6. The lowest BCUT2D eigenvalue weighted by Gasteiger charge is -2.11. The minimum atomic E-state index is -0.953. The highest BCUT2D eigenvalue weighted by atomic mass is 32.1.